The molecule has 0 bridgehead atoms. The van der Waals surface area contributed by atoms with Crippen molar-refractivity contribution in [2.24, 2.45) is 0 Å². The van der Waals surface area contributed by atoms with Crippen LogP contribution in [0.25, 0.3) is 0 Å². The van der Waals surface area contributed by atoms with E-state index in [-0.39, 0.29) is 23.1 Å². The van der Waals surface area contributed by atoms with Gasteiger partial charge >= 0.3 is 10.1 Å². The number of hydrogen-bond donors (Lipinski definition) is 0. The molecule has 0 fully saturated rings. The third-order valence-electron chi connectivity index (χ3n) is 4.14. The highest BCUT2D eigenvalue weighted by Gasteiger charge is 2.20. The van der Waals surface area contributed by atoms with Crippen molar-refractivity contribution in [3.05, 3.63) is 54.1 Å². The topological polar surface area (TPSA) is 76.2 Å². The molecule has 28 heavy (non-hydrogen) atoms. The molecule has 0 saturated heterocycles. The molecule has 7 nitrogen and oxygen atoms in total. The summed E-state index contributed by atoms with van der Waals surface area (Å²) in [7, 11) is 1.35. The maximum atomic E-state index is 12.6. The van der Waals surface area contributed by atoms with Crippen LogP contribution in [0.2, 0.25) is 0 Å². The lowest BCUT2D eigenvalue weighted by atomic mass is 10.2. The van der Waals surface area contributed by atoms with Crippen LogP contribution in [0.1, 0.15) is 12.5 Å². The number of amides is 1. The molecule has 2 aromatic rings. The Hall–Kier alpha value is -2.58. The van der Waals surface area contributed by atoms with Crippen molar-refractivity contribution in [1.29, 1.82) is 0 Å². The first-order valence-corrected chi connectivity index (χ1v) is 10.2. The van der Waals surface area contributed by atoms with Gasteiger partial charge in [-0.15, -0.1) is 0 Å². The summed E-state index contributed by atoms with van der Waals surface area (Å²) in [6, 6.07) is 12.8. The number of rotatable bonds is 9. The fraction of sp³-hybridized carbons (Fsp3) is 0.350. The van der Waals surface area contributed by atoms with E-state index in [1.54, 1.807) is 41.3 Å². The molecule has 0 saturated carbocycles. The molecule has 0 aromatic heterocycles. The van der Waals surface area contributed by atoms with E-state index in [9.17, 15) is 13.2 Å². The van der Waals surface area contributed by atoms with Gasteiger partial charge in [0.2, 0.25) is 5.91 Å². The van der Waals surface area contributed by atoms with Gasteiger partial charge in [-0.1, -0.05) is 18.2 Å². The summed E-state index contributed by atoms with van der Waals surface area (Å²) >= 11 is 0. The van der Waals surface area contributed by atoms with Crippen molar-refractivity contribution in [3.63, 3.8) is 0 Å². The van der Waals surface area contributed by atoms with Gasteiger partial charge in [-0.3, -0.25) is 4.79 Å². The Kier molecular flexibility index (Phi) is 7.42. The van der Waals surface area contributed by atoms with E-state index in [1.165, 1.54) is 26.2 Å². The number of likely N-dealkylation sites (N-methyl/N-ethyl adjacent to an activating group) is 1. The normalized spacial score (nSPS) is 11.3. The number of para-hydroxylation sites is 1. The third kappa shape index (κ3) is 5.97. The summed E-state index contributed by atoms with van der Waals surface area (Å²) in [5, 5.41) is 0. The van der Waals surface area contributed by atoms with Crippen LogP contribution in [0.4, 0.5) is 0 Å². The maximum Gasteiger partial charge on any atom is 0.339 e. The van der Waals surface area contributed by atoms with E-state index >= 15 is 0 Å². The van der Waals surface area contributed by atoms with Crippen molar-refractivity contribution in [1.82, 2.24) is 9.80 Å². The zero-order valence-electron chi connectivity index (χ0n) is 16.6. The Morgan fingerprint density at radius 2 is 1.64 bits per heavy atom. The molecular formula is C20H26N2O5S. The second-order valence-corrected chi connectivity index (χ2v) is 8.11. The van der Waals surface area contributed by atoms with Gasteiger partial charge in [0.05, 0.1) is 7.11 Å². The molecule has 0 aliphatic heterocycles. The number of hydrogen-bond acceptors (Lipinski definition) is 6. The van der Waals surface area contributed by atoms with Crippen LogP contribution in [0.3, 0.4) is 0 Å². The lowest BCUT2D eigenvalue weighted by molar-refractivity contribution is -0.129. The molecule has 0 spiro atoms. The summed E-state index contributed by atoms with van der Waals surface area (Å²) < 4.78 is 35.7. The van der Waals surface area contributed by atoms with Gasteiger partial charge in [-0.25, -0.2) is 0 Å². The van der Waals surface area contributed by atoms with E-state index in [2.05, 4.69) is 0 Å². The number of carbonyl (C=O) groups is 1. The van der Waals surface area contributed by atoms with Gasteiger partial charge in [0, 0.05) is 32.1 Å². The average molecular weight is 407 g/mol. The molecule has 2 rings (SSSR count). The minimum Gasteiger partial charge on any atom is -0.497 e. The Balaban J connectivity index is 2.23. The lowest BCUT2D eigenvalue weighted by Gasteiger charge is -2.24. The highest BCUT2D eigenvalue weighted by Crippen LogP contribution is 2.25. The number of ether oxygens (including phenoxy) is 1. The summed E-state index contributed by atoms with van der Waals surface area (Å²) in [5.41, 5.74) is 0.619. The first-order chi connectivity index (χ1) is 13.2. The minimum absolute atomic E-state index is 0.0270. The predicted octanol–water partition coefficient (Wildman–Crippen LogP) is 2.37. The lowest BCUT2D eigenvalue weighted by Crippen LogP contribution is -2.34. The summed E-state index contributed by atoms with van der Waals surface area (Å²) in [4.78, 5) is 15.6. The average Bonchev–Trinajstić information content (AvgIpc) is 2.65. The zero-order valence-corrected chi connectivity index (χ0v) is 17.4. The molecule has 0 unspecified atom stereocenters. The van der Waals surface area contributed by atoms with Crippen LogP contribution in [0.5, 0.6) is 11.5 Å². The van der Waals surface area contributed by atoms with Crippen LogP contribution in [0.15, 0.2) is 53.4 Å². The molecule has 0 atom stereocenters. The van der Waals surface area contributed by atoms with Gasteiger partial charge in [0.1, 0.15) is 16.4 Å². The highest BCUT2D eigenvalue weighted by molar-refractivity contribution is 7.87. The minimum atomic E-state index is -4.01. The van der Waals surface area contributed by atoms with E-state index in [4.69, 9.17) is 8.92 Å². The smallest absolute Gasteiger partial charge is 0.339 e. The summed E-state index contributed by atoms with van der Waals surface area (Å²) in [5.74, 6) is 0.668. The standard InChI is InChI=1S/C20H26N2O5S/c1-16(23)22(14-13-21(2)3)15-17-7-5-6-8-20(17)27-28(24,25)19-11-9-18(26-4)10-12-19/h5-12H,13-15H2,1-4H3. The second kappa shape index (κ2) is 9.57. The molecule has 2 aromatic carbocycles. The SMILES string of the molecule is COc1ccc(S(=O)(=O)Oc2ccccc2CN(CCN(C)C)C(C)=O)cc1. The first-order valence-electron chi connectivity index (χ1n) is 8.79. The zero-order chi connectivity index (χ0) is 20.7. The Morgan fingerprint density at radius 1 is 1.00 bits per heavy atom. The number of nitrogens with zero attached hydrogens (tertiary/aromatic N) is 2. The fourth-order valence-electron chi connectivity index (χ4n) is 2.50. The van der Waals surface area contributed by atoms with E-state index in [0.717, 1.165) is 0 Å². The Labute approximate surface area is 166 Å². The summed E-state index contributed by atoms with van der Waals surface area (Å²) in [6.45, 7) is 2.99. The van der Waals surface area contributed by atoms with Crippen molar-refractivity contribution in [3.8, 4) is 11.5 Å². The van der Waals surface area contributed by atoms with Crippen LogP contribution < -0.4 is 8.92 Å². The van der Waals surface area contributed by atoms with Crippen molar-refractivity contribution >= 4 is 16.0 Å². The van der Waals surface area contributed by atoms with E-state index in [0.29, 0.717) is 24.4 Å². The van der Waals surface area contributed by atoms with Crippen LogP contribution in [-0.4, -0.2) is 58.4 Å². The van der Waals surface area contributed by atoms with Crippen LogP contribution in [0, 0.1) is 0 Å². The molecule has 0 N–H and O–H groups in total. The molecule has 1 amide bonds. The van der Waals surface area contributed by atoms with Gasteiger partial charge < -0.3 is 18.7 Å². The molecule has 152 valence electrons. The Morgan fingerprint density at radius 3 is 2.21 bits per heavy atom. The second-order valence-electron chi connectivity index (χ2n) is 6.56. The van der Waals surface area contributed by atoms with Gasteiger partial charge in [0.25, 0.3) is 0 Å². The van der Waals surface area contributed by atoms with Crippen LogP contribution >= 0.6 is 0 Å². The maximum absolute atomic E-state index is 12.6. The molecule has 0 aliphatic rings. The number of benzene rings is 2. The summed E-state index contributed by atoms with van der Waals surface area (Å²) in [6.07, 6.45) is 0. The van der Waals surface area contributed by atoms with E-state index < -0.39 is 10.1 Å². The largest absolute Gasteiger partial charge is 0.497 e. The highest BCUT2D eigenvalue weighted by atomic mass is 32.2. The fourth-order valence-corrected chi connectivity index (χ4v) is 3.46. The Bertz CT molecular complexity index is 895. The van der Waals surface area contributed by atoms with Gasteiger partial charge in [-0.2, -0.15) is 8.42 Å². The third-order valence-corrected chi connectivity index (χ3v) is 5.39. The first kappa shape index (κ1) is 21.7. The molecule has 0 aliphatic carbocycles. The predicted molar refractivity (Wildman–Crippen MR) is 107 cm³/mol. The molecule has 0 radical (unpaired) electrons. The molecule has 0 heterocycles. The molecule has 8 heteroatoms. The van der Waals surface area contributed by atoms with Gasteiger partial charge in [0.15, 0.2) is 0 Å². The quantitative estimate of drug-likeness (QED) is 0.595. The van der Waals surface area contributed by atoms with Crippen LogP contribution in [-0.2, 0) is 21.5 Å². The van der Waals surface area contributed by atoms with Crippen molar-refractivity contribution < 1.29 is 22.1 Å². The van der Waals surface area contributed by atoms with Crippen molar-refractivity contribution in [2.45, 2.75) is 18.4 Å². The molecular weight excluding hydrogens is 380 g/mol. The van der Waals surface area contributed by atoms with Crippen molar-refractivity contribution in [2.75, 3.05) is 34.3 Å². The number of methoxy groups -OCH3 is 1. The van der Waals surface area contributed by atoms with Gasteiger partial charge in [-0.05, 0) is 44.4 Å². The number of carbonyl (C=O) groups excluding carboxylic acids is 1. The van der Waals surface area contributed by atoms with E-state index in [1.807, 2.05) is 19.0 Å². The monoisotopic (exact) mass is 406 g/mol.